The largest absolute Gasteiger partial charge is 0.497 e. The van der Waals surface area contributed by atoms with Gasteiger partial charge in [-0.05, 0) is 38.7 Å². The van der Waals surface area contributed by atoms with Crippen molar-refractivity contribution in [3.05, 3.63) is 29.8 Å². The number of nitrogens with one attached hydrogen (secondary N) is 2. The van der Waals surface area contributed by atoms with Crippen molar-refractivity contribution < 1.29 is 4.74 Å². The molecule has 1 aliphatic heterocycles. The van der Waals surface area contributed by atoms with E-state index >= 15 is 0 Å². The van der Waals surface area contributed by atoms with Gasteiger partial charge < -0.3 is 20.3 Å². The zero-order chi connectivity index (χ0) is 14.5. The van der Waals surface area contributed by atoms with E-state index in [9.17, 15) is 0 Å². The molecule has 20 heavy (non-hydrogen) atoms. The van der Waals surface area contributed by atoms with E-state index in [0.717, 1.165) is 24.8 Å². The molecule has 5 heteroatoms. The van der Waals surface area contributed by atoms with Crippen LogP contribution in [0, 0.1) is 0 Å². The number of methoxy groups -OCH3 is 1. The summed E-state index contributed by atoms with van der Waals surface area (Å²) in [4.78, 5) is 6.62. The Hall–Kier alpha value is -1.75. The van der Waals surface area contributed by atoms with Crippen molar-refractivity contribution in [3.8, 4) is 5.75 Å². The van der Waals surface area contributed by atoms with Gasteiger partial charge in [-0.3, -0.25) is 4.99 Å². The van der Waals surface area contributed by atoms with Gasteiger partial charge in [0.25, 0.3) is 0 Å². The Labute approximate surface area is 121 Å². The first-order valence-corrected chi connectivity index (χ1v) is 6.95. The maximum atomic E-state index is 5.30. The van der Waals surface area contributed by atoms with Crippen LogP contribution in [0.1, 0.15) is 18.5 Å². The highest BCUT2D eigenvalue weighted by atomic mass is 16.5. The van der Waals surface area contributed by atoms with Crippen LogP contribution in [0.5, 0.6) is 5.75 Å². The number of aliphatic imine (C=N–C) groups is 1. The average molecular weight is 276 g/mol. The van der Waals surface area contributed by atoms with Crippen LogP contribution in [0.25, 0.3) is 0 Å². The van der Waals surface area contributed by atoms with Crippen molar-refractivity contribution in [2.24, 2.45) is 4.99 Å². The van der Waals surface area contributed by atoms with E-state index in [0.29, 0.717) is 6.04 Å². The highest BCUT2D eigenvalue weighted by molar-refractivity contribution is 5.81. The molecule has 0 aromatic heterocycles. The third kappa shape index (κ3) is 3.63. The molecule has 2 unspecified atom stereocenters. The zero-order valence-electron chi connectivity index (χ0n) is 12.7. The van der Waals surface area contributed by atoms with E-state index in [-0.39, 0.29) is 6.04 Å². The van der Waals surface area contributed by atoms with E-state index in [2.05, 4.69) is 53.7 Å². The molecule has 0 spiro atoms. The lowest BCUT2D eigenvalue weighted by Gasteiger charge is -2.26. The first-order chi connectivity index (χ1) is 9.60. The standard InChI is InChI=1S/C15H24N4O/c1-11-9-16-15(18-11)17-10-14(19(2)3)12-6-5-7-13(8-12)20-4/h5-8,11,14H,9-10H2,1-4H3,(H2,16,17,18). The van der Waals surface area contributed by atoms with Crippen molar-refractivity contribution in [1.29, 1.82) is 0 Å². The second kappa shape index (κ2) is 6.61. The Morgan fingerprint density at radius 1 is 1.50 bits per heavy atom. The van der Waals surface area contributed by atoms with Gasteiger partial charge in [0.2, 0.25) is 0 Å². The van der Waals surface area contributed by atoms with Crippen LogP contribution in [0.15, 0.2) is 29.3 Å². The van der Waals surface area contributed by atoms with Crippen molar-refractivity contribution >= 4 is 5.96 Å². The monoisotopic (exact) mass is 276 g/mol. The summed E-state index contributed by atoms with van der Waals surface area (Å²) in [6.07, 6.45) is 0. The highest BCUT2D eigenvalue weighted by Gasteiger charge is 2.17. The van der Waals surface area contributed by atoms with Crippen LogP contribution >= 0.6 is 0 Å². The molecule has 0 aliphatic carbocycles. The lowest BCUT2D eigenvalue weighted by Crippen LogP contribution is -2.41. The van der Waals surface area contributed by atoms with E-state index in [1.165, 1.54) is 5.56 Å². The van der Waals surface area contributed by atoms with Gasteiger partial charge in [0.1, 0.15) is 5.75 Å². The number of benzene rings is 1. The van der Waals surface area contributed by atoms with Gasteiger partial charge in [-0.2, -0.15) is 0 Å². The maximum Gasteiger partial charge on any atom is 0.191 e. The number of ether oxygens (including phenoxy) is 1. The number of hydrogen-bond acceptors (Lipinski definition) is 5. The summed E-state index contributed by atoms with van der Waals surface area (Å²) in [5, 5.41) is 6.70. The van der Waals surface area contributed by atoms with E-state index in [4.69, 9.17) is 4.74 Å². The number of guanidine groups is 1. The molecule has 0 fully saturated rings. The predicted octanol–water partition coefficient (Wildman–Crippen LogP) is 1.24. The van der Waals surface area contributed by atoms with Gasteiger partial charge in [0, 0.05) is 12.6 Å². The molecule has 1 aliphatic rings. The van der Waals surface area contributed by atoms with E-state index < -0.39 is 0 Å². The third-order valence-corrected chi connectivity index (χ3v) is 3.47. The van der Waals surface area contributed by atoms with Crippen molar-refractivity contribution in [3.63, 3.8) is 0 Å². The zero-order valence-corrected chi connectivity index (χ0v) is 12.7. The molecule has 2 rings (SSSR count). The van der Waals surface area contributed by atoms with Gasteiger partial charge >= 0.3 is 0 Å². The Morgan fingerprint density at radius 3 is 2.90 bits per heavy atom. The second-order valence-electron chi connectivity index (χ2n) is 5.37. The molecular formula is C15H24N4O. The van der Waals surface area contributed by atoms with Crippen LogP contribution in [0.3, 0.4) is 0 Å². The SMILES string of the molecule is COc1cccc(C(CNC2=NCC(C)N2)N(C)C)c1. The Balaban J connectivity index is 2.03. The van der Waals surface area contributed by atoms with Crippen LogP contribution in [-0.4, -0.2) is 51.2 Å². The van der Waals surface area contributed by atoms with E-state index in [1.807, 2.05) is 12.1 Å². The minimum absolute atomic E-state index is 0.269. The fraction of sp³-hybridized carbons (Fsp3) is 0.533. The van der Waals surface area contributed by atoms with Crippen LogP contribution < -0.4 is 15.4 Å². The molecule has 5 nitrogen and oxygen atoms in total. The summed E-state index contributed by atoms with van der Waals surface area (Å²) in [7, 11) is 5.86. The van der Waals surface area contributed by atoms with Crippen LogP contribution in [0.4, 0.5) is 0 Å². The normalized spacial score (nSPS) is 19.4. The molecule has 0 amide bonds. The number of hydrogen-bond donors (Lipinski definition) is 2. The van der Waals surface area contributed by atoms with Crippen molar-refractivity contribution in [1.82, 2.24) is 15.5 Å². The van der Waals surface area contributed by atoms with Crippen molar-refractivity contribution in [2.45, 2.75) is 19.0 Å². The quantitative estimate of drug-likeness (QED) is 0.849. The van der Waals surface area contributed by atoms with Gasteiger partial charge in [-0.15, -0.1) is 0 Å². The smallest absolute Gasteiger partial charge is 0.191 e. The maximum absolute atomic E-state index is 5.30. The molecule has 0 saturated carbocycles. The number of rotatable bonds is 5. The minimum atomic E-state index is 0.269. The first-order valence-electron chi connectivity index (χ1n) is 6.95. The third-order valence-electron chi connectivity index (χ3n) is 3.47. The minimum Gasteiger partial charge on any atom is -0.497 e. The lowest BCUT2D eigenvalue weighted by molar-refractivity contribution is 0.297. The lowest BCUT2D eigenvalue weighted by atomic mass is 10.1. The predicted molar refractivity (Wildman–Crippen MR) is 82.3 cm³/mol. The summed E-state index contributed by atoms with van der Waals surface area (Å²) < 4.78 is 5.30. The summed E-state index contributed by atoms with van der Waals surface area (Å²) in [6, 6.07) is 8.89. The average Bonchev–Trinajstić information content (AvgIpc) is 2.84. The number of likely N-dealkylation sites (N-methyl/N-ethyl adjacent to an activating group) is 1. The topological polar surface area (TPSA) is 48.9 Å². The molecule has 0 saturated heterocycles. The summed E-state index contributed by atoms with van der Waals surface area (Å²) in [6.45, 7) is 3.77. The molecule has 0 radical (unpaired) electrons. The molecule has 110 valence electrons. The van der Waals surface area contributed by atoms with Gasteiger partial charge in [0.15, 0.2) is 5.96 Å². The van der Waals surface area contributed by atoms with Gasteiger partial charge in [0.05, 0.1) is 19.7 Å². The first kappa shape index (κ1) is 14.7. The molecule has 1 aromatic carbocycles. The fourth-order valence-corrected chi connectivity index (χ4v) is 2.30. The Kier molecular flexibility index (Phi) is 4.84. The molecule has 1 aromatic rings. The van der Waals surface area contributed by atoms with Crippen LogP contribution in [0.2, 0.25) is 0 Å². The highest BCUT2D eigenvalue weighted by Crippen LogP contribution is 2.22. The Bertz CT molecular complexity index is 473. The van der Waals surface area contributed by atoms with Gasteiger partial charge in [-0.1, -0.05) is 12.1 Å². The summed E-state index contributed by atoms with van der Waals surface area (Å²) >= 11 is 0. The van der Waals surface area contributed by atoms with Gasteiger partial charge in [-0.25, -0.2) is 0 Å². The fourth-order valence-electron chi connectivity index (χ4n) is 2.30. The molecule has 0 bridgehead atoms. The Morgan fingerprint density at radius 2 is 2.30 bits per heavy atom. The second-order valence-corrected chi connectivity index (χ2v) is 5.37. The van der Waals surface area contributed by atoms with E-state index in [1.54, 1.807) is 7.11 Å². The molecular weight excluding hydrogens is 252 g/mol. The van der Waals surface area contributed by atoms with Crippen LogP contribution in [-0.2, 0) is 0 Å². The summed E-state index contributed by atoms with van der Waals surface area (Å²) in [5.41, 5.74) is 1.23. The summed E-state index contributed by atoms with van der Waals surface area (Å²) in [5.74, 6) is 1.78. The molecule has 2 N–H and O–H groups in total. The molecule has 2 atom stereocenters. The molecule has 1 heterocycles. The van der Waals surface area contributed by atoms with Crippen molar-refractivity contribution in [2.75, 3.05) is 34.3 Å². The number of nitrogens with zero attached hydrogens (tertiary/aromatic N) is 2.